The molecule has 1 amide bonds. The van der Waals surface area contributed by atoms with Gasteiger partial charge in [0.25, 0.3) is 5.91 Å². The van der Waals surface area contributed by atoms with Gasteiger partial charge in [0.05, 0.1) is 11.7 Å². The molecule has 2 N–H and O–H groups in total. The van der Waals surface area contributed by atoms with Gasteiger partial charge in [-0.15, -0.1) is 0 Å². The molecule has 0 saturated carbocycles. The van der Waals surface area contributed by atoms with Crippen LogP contribution in [0.1, 0.15) is 40.7 Å². The zero-order chi connectivity index (χ0) is 14.9. The molecular weight excluding hydrogens is 254 g/mol. The van der Waals surface area contributed by atoms with E-state index in [1.807, 2.05) is 31.2 Å². The van der Waals surface area contributed by atoms with Crippen LogP contribution in [0, 0.1) is 13.8 Å². The van der Waals surface area contributed by atoms with Gasteiger partial charge < -0.3 is 15.1 Å². The minimum atomic E-state index is -0.182. The number of amides is 1. The number of carbonyl (C=O) groups is 1. The van der Waals surface area contributed by atoms with Gasteiger partial charge in [0.15, 0.2) is 5.89 Å². The third kappa shape index (κ3) is 2.66. The lowest BCUT2D eigenvalue weighted by atomic mass is 10.1. The van der Waals surface area contributed by atoms with E-state index >= 15 is 0 Å². The van der Waals surface area contributed by atoms with Crippen LogP contribution in [0.15, 0.2) is 28.7 Å². The van der Waals surface area contributed by atoms with Crippen LogP contribution < -0.4 is 5.73 Å². The third-order valence-corrected chi connectivity index (χ3v) is 3.39. The number of nitrogen functional groups attached to an aromatic ring is 1. The Morgan fingerprint density at radius 2 is 2.10 bits per heavy atom. The predicted octanol–water partition coefficient (Wildman–Crippen LogP) is 2.71. The number of nitrogens with zero attached hydrogens (tertiary/aromatic N) is 2. The minimum Gasteiger partial charge on any atom is -0.436 e. The van der Waals surface area contributed by atoms with Crippen LogP contribution in [0.4, 0.5) is 5.69 Å². The maximum atomic E-state index is 12.4. The standard InChI is InChI=1S/C15H19N3O2/c1-9-14(20-11(3)17-9)15(19)18(4)10(2)12-6-5-7-13(16)8-12/h5-8,10H,16H2,1-4H3. The SMILES string of the molecule is Cc1nc(C)c(C(=O)N(C)C(C)c2cccc(N)c2)o1. The molecule has 5 heteroatoms. The molecule has 1 aromatic heterocycles. The second-order valence-electron chi connectivity index (χ2n) is 4.91. The van der Waals surface area contributed by atoms with Crippen molar-refractivity contribution in [1.29, 1.82) is 0 Å². The van der Waals surface area contributed by atoms with Crippen LogP contribution in [-0.4, -0.2) is 22.8 Å². The molecule has 0 fully saturated rings. The van der Waals surface area contributed by atoms with E-state index in [1.165, 1.54) is 0 Å². The second kappa shape index (κ2) is 5.36. The smallest absolute Gasteiger partial charge is 0.291 e. The average molecular weight is 273 g/mol. The van der Waals surface area contributed by atoms with Gasteiger partial charge in [-0.1, -0.05) is 12.1 Å². The molecule has 0 aliphatic carbocycles. The average Bonchev–Trinajstić information content (AvgIpc) is 2.75. The molecule has 5 nitrogen and oxygen atoms in total. The number of benzene rings is 1. The van der Waals surface area contributed by atoms with Crippen molar-refractivity contribution < 1.29 is 9.21 Å². The van der Waals surface area contributed by atoms with E-state index in [4.69, 9.17) is 10.2 Å². The molecule has 1 unspecified atom stereocenters. The Balaban J connectivity index is 2.24. The Labute approximate surface area is 118 Å². The van der Waals surface area contributed by atoms with Crippen molar-refractivity contribution in [2.75, 3.05) is 12.8 Å². The van der Waals surface area contributed by atoms with Crippen molar-refractivity contribution in [1.82, 2.24) is 9.88 Å². The van der Waals surface area contributed by atoms with Crippen molar-refractivity contribution in [3.63, 3.8) is 0 Å². The number of aromatic nitrogens is 1. The molecule has 1 atom stereocenters. The highest BCUT2D eigenvalue weighted by atomic mass is 16.4. The summed E-state index contributed by atoms with van der Waals surface area (Å²) in [6.45, 7) is 5.44. The lowest BCUT2D eigenvalue weighted by molar-refractivity contribution is 0.0708. The molecule has 20 heavy (non-hydrogen) atoms. The van der Waals surface area contributed by atoms with Crippen LogP contribution >= 0.6 is 0 Å². The lowest BCUT2D eigenvalue weighted by Crippen LogP contribution is -2.29. The number of carbonyl (C=O) groups excluding carboxylic acids is 1. The Hall–Kier alpha value is -2.30. The van der Waals surface area contributed by atoms with E-state index in [-0.39, 0.29) is 11.9 Å². The van der Waals surface area contributed by atoms with Crippen molar-refractivity contribution in [2.45, 2.75) is 26.8 Å². The summed E-state index contributed by atoms with van der Waals surface area (Å²) in [5.74, 6) is 0.606. The molecule has 2 aromatic rings. The highest BCUT2D eigenvalue weighted by Crippen LogP contribution is 2.23. The molecule has 1 heterocycles. The van der Waals surface area contributed by atoms with Crippen LogP contribution in [0.25, 0.3) is 0 Å². The molecule has 106 valence electrons. The summed E-state index contributed by atoms with van der Waals surface area (Å²) >= 11 is 0. The Kier molecular flexibility index (Phi) is 3.79. The molecule has 0 spiro atoms. The molecule has 0 aliphatic heterocycles. The van der Waals surface area contributed by atoms with Crippen molar-refractivity contribution in [3.05, 3.63) is 47.2 Å². The lowest BCUT2D eigenvalue weighted by Gasteiger charge is -2.24. The normalized spacial score (nSPS) is 12.2. The van der Waals surface area contributed by atoms with Crippen molar-refractivity contribution in [2.24, 2.45) is 0 Å². The van der Waals surface area contributed by atoms with E-state index in [0.717, 1.165) is 5.56 Å². The monoisotopic (exact) mass is 273 g/mol. The first-order valence-electron chi connectivity index (χ1n) is 6.46. The second-order valence-corrected chi connectivity index (χ2v) is 4.91. The van der Waals surface area contributed by atoms with Crippen LogP contribution in [-0.2, 0) is 0 Å². The fraction of sp³-hybridized carbons (Fsp3) is 0.333. The molecule has 2 rings (SSSR count). The zero-order valence-corrected chi connectivity index (χ0v) is 12.2. The van der Waals surface area contributed by atoms with E-state index in [1.54, 1.807) is 25.8 Å². The highest BCUT2D eigenvalue weighted by molar-refractivity contribution is 5.92. The highest BCUT2D eigenvalue weighted by Gasteiger charge is 2.24. The fourth-order valence-electron chi connectivity index (χ4n) is 2.11. The molecule has 0 radical (unpaired) electrons. The van der Waals surface area contributed by atoms with E-state index in [0.29, 0.717) is 23.0 Å². The largest absolute Gasteiger partial charge is 0.436 e. The number of anilines is 1. The first kappa shape index (κ1) is 14.1. The van der Waals surface area contributed by atoms with Crippen molar-refractivity contribution >= 4 is 11.6 Å². The Bertz CT molecular complexity index is 634. The number of oxazole rings is 1. The van der Waals surface area contributed by atoms with Gasteiger partial charge in [-0.3, -0.25) is 4.79 Å². The fourth-order valence-corrected chi connectivity index (χ4v) is 2.11. The zero-order valence-electron chi connectivity index (χ0n) is 12.2. The molecular formula is C15H19N3O2. The summed E-state index contributed by atoms with van der Waals surface area (Å²) < 4.78 is 5.38. The quantitative estimate of drug-likeness (QED) is 0.873. The first-order valence-corrected chi connectivity index (χ1v) is 6.46. The maximum absolute atomic E-state index is 12.4. The first-order chi connectivity index (χ1) is 9.40. The van der Waals surface area contributed by atoms with Gasteiger partial charge >= 0.3 is 0 Å². The summed E-state index contributed by atoms with van der Waals surface area (Å²) in [5.41, 5.74) is 8.05. The van der Waals surface area contributed by atoms with Crippen LogP contribution in [0.2, 0.25) is 0 Å². The Morgan fingerprint density at radius 3 is 2.65 bits per heavy atom. The third-order valence-electron chi connectivity index (χ3n) is 3.39. The van der Waals surface area contributed by atoms with Gasteiger partial charge in [0.2, 0.25) is 5.76 Å². The van der Waals surface area contributed by atoms with Crippen molar-refractivity contribution in [3.8, 4) is 0 Å². The summed E-state index contributed by atoms with van der Waals surface area (Å²) in [5, 5.41) is 0. The van der Waals surface area contributed by atoms with Gasteiger partial charge in [0.1, 0.15) is 0 Å². The van der Waals surface area contributed by atoms with Crippen LogP contribution in [0.5, 0.6) is 0 Å². The van der Waals surface area contributed by atoms with Crippen LogP contribution in [0.3, 0.4) is 0 Å². The number of hydrogen-bond acceptors (Lipinski definition) is 4. The van der Waals surface area contributed by atoms with E-state index in [9.17, 15) is 4.79 Å². The summed E-state index contributed by atoms with van der Waals surface area (Å²) in [6, 6.07) is 7.41. The van der Waals surface area contributed by atoms with E-state index < -0.39 is 0 Å². The maximum Gasteiger partial charge on any atom is 0.291 e. The van der Waals surface area contributed by atoms with E-state index in [2.05, 4.69) is 4.98 Å². The molecule has 0 saturated heterocycles. The summed E-state index contributed by atoms with van der Waals surface area (Å²) in [6.07, 6.45) is 0. The molecule has 1 aromatic carbocycles. The molecule has 0 aliphatic rings. The Morgan fingerprint density at radius 1 is 1.40 bits per heavy atom. The topological polar surface area (TPSA) is 72.4 Å². The summed E-state index contributed by atoms with van der Waals surface area (Å²) in [7, 11) is 1.74. The minimum absolute atomic E-state index is 0.101. The number of rotatable bonds is 3. The predicted molar refractivity (Wildman–Crippen MR) is 77.3 cm³/mol. The van der Waals surface area contributed by atoms with Gasteiger partial charge in [-0.25, -0.2) is 4.98 Å². The number of hydrogen-bond donors (Lipinski definition) is 1. The van der Waals surface area contributed by atoms with Gasteiger partial charge in [-0.05, 0) is 31.5 Å². The number of nitrogens with two attached hydrogens (primary N) is 1. The number of aryl methyl sites for hydroxylation is 2. The molecule has 0 bridgehead atoms. The van der Waals surface area contributed by atoms with Gasteiger partial charge in [0, 0.05) is 19.7 Å². The van der Waals surface area contributed by atoms with Gasteiger partial charge in [-0.2, -0.15) is 0 Å². The summed E-state index contributed by atoms with van der Waals surface area (Å²) in [4.78, 5) is 18.2.